The topological polar surface area (TPSA) is 74.6 Å². The highest BCUT2D eigenvalue weighted by molar-refractivity contribution is 8.12. The van der Waals surface area contributed by atoms with Crippen LogP contribution in [0.4, 0.5) is 17.6 Å². The molecule has 3 rings (SSSR count). The van der Waals surface area contributed by atoms with Gasteiger partial charge in [0.2, 0.25) is 0 Å². The molecule has 3 atom stereocenters. The van der Waals surface area contributed by atoms with E-state index < -0.39 is 29.6 Å². The summed E-state index contributed by atoms with van der Waals surface area (Å²) in [6, 6.07) is 5.61. The van der Waals surface area contributed by atoms with Gasteiger partial charge in [0.05, 0.1) is 24.0 Å². The van der Waals surface area contributed by atoms with Crippen molar-refractivity contribution in [3.05, 3.63) is 53.5 Å². The lowest BCUT2D eigenvalue weighted by atomic mass is 9.98. The van der Waals surface area contributed by atoms with Crippen molar-refractivity contribution in [3.63, 3.8) is 0 Å². The van der Waals surface area contributed by atoms with Gasteiger partial charge >= 0.3 is 6.18 Å². The molecule has 0 saturated carbocycles. The first-order chi connectivity index (χ1) is 14.1. The third-order valence-electron chi connectivity index (χ3n) is 4.50. The molecular weight excluding hydrogens is 422 g/mol. The van der Waals surface area contributed by atoms with Gasteiger partial charge in [-0.1, -0.05) is 0 Å². The second-order valence-corrected chi connectivity index (χ2v) is 8.14. The molecule has 1 amide bonds. The smallest absolute Gasteiger partial charge is 0.379 e. The van der Waals surface area contributed by atoms with Crippen LogP contribution in [-0.2, 0) is 0 Å². The monoisotopic (exact) mass is 441 g/mol. The predicted octanol–water partition coefficient (Wildman–Crippen LogP) is 4.14. The average Bonchev–Trinajstić information content (AvgIpc) is 3.19. The molecule has 30 heavy (non-hydrogen) atoms. The van der Waals surface area contributed by atoms with E-state index in [0.29, 0.717) is 13.0 Å². The number of rotatable bonds is 6. The molecular formula is C20H19F4N3O2S. The SMILES string of the molecule is CC(CC1CN=CS1)NC(=O)c1cc(-c2ccc(F)cn2)cc(C(O)C(F)(F)F)c1. The molecule has 2 aromatic rings. The molecule has 0 fully saturated rings. The number of aliphatic hydroxyl groups excluding tert-OH is 1. The number of hydrogen-bond donors (Lipinski definition) is 2. The first kappa shape index (κ1) is 22.2. The maximum atomic E-state index is 13.2. The Balaban J connectivity index is 1.88. The number of pyridine rings is 1. The van der Waals surface area contributed by atoms with Crippen LogP contribution in [0.5, 0.6) is 0 Å². The summed E-state index contributed by atoms with van der Waals surface area (Å²) in [6.07, 6.45) is -6.11. The number of thioether (sulfide) groups is 1. The van der Waals surface area contributed by atoms with Crippen molar-refractivity contribution in [3.8, 4) is 11.3 Å². The lowest BCUT2D eigenvalue weighted by Crippen LogP contribution is -2.35. The van der Waals surface area contributed by atoms with Gasteiger partial charge in [0.1, 0.15) is 5.82 Å². The molecule has 0 spiro atoms. The van der Waals surface area contributed by atoms with Crippen LogP contribution in [0.3, 0.4) is 0 Å². The van der Waals surface area contributed by atoms with Crippen LogP contribution in [0, 0.1) is 5.82 Å². The number of aliphatic imine (C=N–C) groups is 1. The molecule has 5 nitrogen and oxygen atoms in total. The third kappa shape index (κ3) is 5.57. The summed E-state index contributed by atoms with van der Waals surface area (Å²) in [5, 5.41) is 12.7. The van der Waals surface area contributed by atoms with E-state index in [1.54, 1.807) is 24.2 Å². The quantitative estimate of drug-likeness (QED) is 0.661. The van der Waals surface area contributed by atoms with Crippen molar-refractivity contribution in [2.75, 3.05) is 6.54 Å². The van der Waals surface area contributed by atoms with Gasteiger partial charge in [-0.15, -0.1) is 11.8 Å². The summed E-state index contributed by atoms with van der Waals surface area (Å²) in [7, 11) is 0. The lowest BCUT2D eigenvalue weighted by Gasteiger charge is -2.19. The lowest BCUT2D eigenvalue weighted by molar-refractivity contribution is -0.206. The van der Waals surface area contributed by atoms with E-state index in [-0.39, 0.29) is 28.1 Å². The Morgan fingerprint density at radius 2 is 2.10 bits per heavy atom. The van der Waals surface area contributed by atoms with Crippen LogP contribution in [0.15, 0.2) is 41.5 Å². The summed E-state index contributed by atoms with van der Waals surface area (Å²) < 4.78 is 52.3. The Morgan fingerprint density at radius 3 is 2.70 bits per heavy atom. The van der Waals surface area contributed by atoms with Crippen molar-refractivity contribution >= 4 is 23.2 Å². The van der Waals surface area contributed by atoms with Gasteiger partial charge in [-0.3, -0.25) is 14.8 Å². The van der Waals surface area contributed by atoms with Crippen molar-refractivity contribution in [1.82, 2.24) is 10.3 Å². The molecule has 0 aliphatic carbocycles. The zero-order valence-corrected chi connectivity index (χ0v) is 16.7. The predicted molar refractivity (Wildman–Crippen MR) is 107 cm³/mol. The van der Waals surface area contributed by atoms with Gasteiger partial charge in [0, 0.05) is 22.4 Å². The van der Waals surface area contributed by atoms with Crippen LogP contribution >= 0.6 is 11.8 Å². The Labute approximate surface area is 174 Å². The summed E-state index contributed by atoms with van der Waals surface area (Å²) in [6.45, 7) is 2.45. The van der Waals surface area contributed by atoms with Crippen LogP contribution < -0.4 is 5.32 Å². The van der Waals surface area contributed by atoms with Crippen LogP contribution in [0.1, 0.15) is 35.4 Å². The minimum Gasteiger partial charge on any atom is -0.379 e. The van der Waals surface area contributed by atoms with Gasteiger partial charge in [-0.05, 0) is 49.2 Å². The number of halogens is 4. The second-order valence-electron chi connectivity index (χ2n) is 6.99. The third-order valence-corrected chi connectivity index (χ3v) is 5.49. The second kappa shape index (κ2) is 9.13. The minimum atomic E-state index is -4.91. The molecule has 3 unspecified atom stereocenters. The first-order valence-electron chi connectivity index (χ1n) is 9.10. The molecule has 2 N–H and O–H groups in total. The van der Waals surface area contributed by atoms with E-state index in [0.717, 1.165) is 24.4 Å². The van der Waals surface area contributed by atoms with E-state index in [2.05, 4.69) is 15.3 Å². The van der Waals surface area contributed by atoms with E-state index >= 15 is 0 Å². The summed E-state index contributed by atoms with van der Waals surface area (Å²) in [4.78, 5) is 20.7. The van der Waals surface area contributed by atoms with E-state index in [1.807, 2.05) is 0 Å². The Bertz CT molecular complexity index is 927. The fraction of sp³-hybridized carbons (Fsp3) is 0.350. The van der Waals surface area contributed by atoms with Crippen molar-refractivity contribution < 1.29 is 27.5 Å². The van der Waals surface area contributed by atoms with Gasteiger partial charge in [-0.25, -0.2) is 4.39 Å². The van der Waals surface area contributed by atoms with Crippen molar-refractivity contribution in [2.45, 2.75) is 36.9 Å². The largest absolute Gasteiger partial charge is 0.418 e. The normalized spacial score (nSPS) is 18.3. The molecule has 2 heterocycles. The average molecular weight is 441 g/mol. The highest BCUT2D eigenvalue weighted by Gasteiger charge is 2.39. The Hall–Kier alpha value is -2.46. The van der Waals surface area contributed by atoms with Gasteiger partial charge < -0.3 is 10.4 Å². The zero-order valence-electron chi connectivity index (χ0n) is 15.9. The fourth-order valence-electron chi connectivity index (χ4n) is 3.05. The van der Waals surface area contributed by atoms with E-state index in [4.69, 9.17) is 0 Å². The number of carbonyl (C=O) groups is 1. The number of aliphatic hydroxyl groups is 1. The Morgan fingerprint density at radius 1 is 1.33 bits per heavy atom. The van der Waals surface area contributed by atoms with Gasteiger partial charge in [0.25, 0.3) is 5.91 Å². The first-order valence-corrected chi connectivity index (χ1v) is 10.0. The molecule has 0 saturated heterocycles. The zero-order chi connectivity index (χ0) is 21.9. The van der Waals surface area contributed by atoms with E-state index in [1.165, 1.54) is 12.1 Å². The summed E-state index contributed by atoms with van der Waals surface area (Å²) in [5.74, 6) is -1.18. The molecule has 10 heteroatoms. The number of amides is 1. The number of nitrogens with one attached hydrogen (secondary N) is 1. The molecule has 0 bridgehead atoms. The molecule has 0 radical (unpaired) electrons. The molecule has 160 valence electrons. The number of nitrogens with zero attached hydrogens (tertiary/aromatic N) is 2. The Kier molecular flexibility index (Phi) is 6.77. The molecule has 1 aromatic heterocycles. The fourth-order valence-corrected chi connectivity index (χ4v) is 3.96. The van der Waals surface area contributed by atoms with Crippen LogP contribution in [0.25, 0.3) is 11.3 Å². The van der Waals surface area contributed by atoms with Crippen molar-refractivity contribution in [1.29, 1.82) is 0 Å². The number of benzene rings is 1. The van der Waals surface area contributed by atoms with Gasteiger partial charge in [-0.2, -0.15) is 13.2 Å². The number of hydrogen-bond acceptors (Lipinski definition) is 5. The van der Waals surface area contributed by atoms with Gasteiger partial charge in [0.15, 0.2) is 6.10 Å². The van der Waals surface area contributed by atoms with Crippen molar-refractivity contribution in [2.24, 2.45) is 4.99 Å². The maximum Gasteiger partial charge on any atom is 0.418 e. The van der Waals surface area contributed by atoms with Crippen LogP contribution in [-0.4, -0.2) is 45.6 Å². The number of alkyl halides is 3. The molecule has 1 aromatic carbocycles. The number of carbonyl (C=O) groups excluding carboxylic acids is 1. The number of aromatic nitrogens is 1. The highest BCUT2D eigenvalue weighted by atomic mass is 32.2. The molecule has 1 aliphatic rings. The minimum absolute atomic E-state index is 0.0564. The standard InChI is InChI=1S/C20H19F4N3O2S/c1-11(4-16-9-25-10-30-16)27-19(29)14-6-12(17-3-2-15(21)8-26-17)5-13(7-14)18(28)20(22,23)24/h2-3,5-8,10-11,16,18,28H,4,9H2,1H3,(H,27,29). The van der Waals surface area contributed by atoms with Crippen LogP contribution in [0.2, 0.25) is 0 Å². The summed E-state index contributed by atoms with van der Waals surface area (Å²) >= 11 is 1.56. The maximum absolute atomic E-state index is 13.2. The highest BCUT2D eigenvalue weighted by Crippen LogP contribution is 2.35. The summed E-state index contributed by atoms with van der Waals surface area (Å²) in [5.41, 5.74) is 1.54. The molecule has 1 aliphatic heterocycles. The van der Waals surface area contributed by atoms with E-state index in [9.17, 15) is 27.5 Å².